The topological polar surface area (TPSA) is 102 Å². The molecule has 0 spiro atoms. The highest BCUT2D eigenvalue weighted by atomic mass is 16.3. The average molecular weight is 348 g/mol. The Labute approximate surface area is 145 Å². The number of rotatable bonds is 10. The van der Waals surface area contributed by atoms with Crippen LogP contribution in [0.1, 0.15) is 19.3 Å². The van der Waals surface area contributed by atoms with E-state index in [0.717, 1.165) is 4.57 Å². The Balaban J connectivity index is 2.40. The Morgan fingerprint density at radius 3 is 2.48 bits per heavy atom. The van der Waals surface area contributed by atoms with Gasteiger partial charge in [0.15, 0.2) is 11.2 Å². The summed E-state index contributed by atoms with van der Waals surface area (Å²) in [7, 11) is 0. The molecule has 2 aromatic rings. The molecule has 0 fully saturated rings. The summed E-state index contributed by atoms with van der Waals surface area (Å²) >= 11 is 0. The molecular formula is C17H24N4O4. The van der Waals surface area contributed by atoms with Crippen molar-refractivity contribution in [2.24, 2.45) is 0 Å². The van der Waals surface area contributed by atoms with Crippen molar-refractivity contribution < 1.29 is 10.2 Å². The molecule has 8 heteroatoms. The fourth-order valence-corrected chi connectivity index (χ4v) is 2.75. The first kappa shape index (κ1) is 18.9. The number of nitrogens with zero attached hydrogens (tertiary/aromatic N) is 4. The normalized spacial score (nSPS) is 12.4. The van der Waals surface area contributed by atoms with Crippen molar-refractivity contribution in [3.05, 3.63) is 52.5 Å². The molecule has 2 rings (SSSR count). The maximum Gasteiger partial charge on any atom is 0.333 e. The number of aryl methyl sites for hydroxylation is 1. The highest BCUT2D eigenvalue weighted by Crippen LogP contribution is 2.10. The first-order valence-electron chi connectivity index (χ1n) is 8.24. The first-order chi connectivity index (χ1) is 12.0. The third-order valence-electron chi connectivity index (χ3n) is 4.00. The summed E-state index contributed by atoms with van der Waals surface area (Å²) in [6.07, 6.45) is 5.82. The second kappa shape index (κ2) is 8.59. The molecule has 2 N–H and O–H groups in total. The van der Waals surface area contributed by atoms with Gasteiger partial charge < -0.3 is 14.8 Å². The number of hydrogen-bond acceptors (Lipinski definition) is 5. The summed E-state index contributed by atoms with van der Waals surface area (Å²) in [5.41, 5.74) is -0.127. The van der Waals surface area contributed by atoms with Gasteiger partial charge in [-0.1, -0.05) is 12.2 Å². The number of aliphatic hydroxyl groups excluding tert-OH is 2. The molecule has 25 heavy (non-hydrogen) atoms. The number of unbranched alkanes of at least 4 members (excludes halogenated alkanes) is 1. The summed E-state index contributed by atoms with van der Waals surface area (Å²) in [5.74, 6) is 0. The molecule has 1 unspecified atom stereocenters. The highest BCUT2D eigenvalue weighted by molar-refractivity contribution is 5.70. The fraction of sp³-hybridized carbons (Fsp3) is 0.471. The fourth-order valence-electron chi connectivity index (χ4n) is 2.75. The van der Waals surface area contributed by atoms with Crippen LogP contribution < -0.4 is 11.2 Å². The summed E-state index contributed by atoms with van der Waals surface area (Å²) in [6.45, 7) is 7.90. The molecular weight excluding hydrogens is 324 g/mol. The smallest absolute Gasteiger partial charge is 0.333 e. The van der Waals surface area contributed by atoms with Gasteiger partial charge in [0.25, 0.3) is 5.56 Å². The molecule has 0 bridgehead atoms. The monoisotopic (exact) mass is 348 g/mol. The van der Waals surface area contributed by atoms with E-state index in [1.807, 2.05) is 0 Å². The molecule has 0 saturated carbocycles. The van der Waals surface area contributed by atoms with Crippen LogP contribution in [0.25, 0.3) is 11.2 Å². The number of imidazole rings is 1. The van der Waals surface area contributed by atoms with Crippen molar-refractivity contribution in [3.8, 4) is 0 Å². The minimum atomic E-state index is -0.720. The number of aliphatic hydroxyl groups is 2. The van der Waals surface area contributed by atoms with E-state index in [2.05, 4.69) is 18.1 Å². The Hall–Kier alpha value is -2.45. The highest BCUT2D eigenvalue weighted by Gasteiger charge is 2.16. The minimum Gasteiger partial charge on any atom is -0.394 e. The van der Waals surface area contributed by atoms with Gasteiger partial charge in [-0.05, 0) is 19.3 Å². The van der Waals surface area contributed by atoms with Crippen LogP contribution in [0, 0.1) is 0 Å². The lowest BCUT2D eigenvalue weighted by molar-refractivity contribution is 0.0859. The predicted octanol–water partition coefficient (Wildman–Crippen LogP) is 0.255. The Bertz CT molecular complexity index is 862. The van der Waals surface area contributed by atoms with E-state index in [4.69, 9.17) is 5.11 Å². The number of hydrogen-bond donors (Lipinski definition) is 2. The van der Waals surface area contributed by atoms with E-state index in [0.29, 0.717) is 37.0 Å². The van der Waals surface area contributed by atoms with E-state index in [-0.39, 0.29) is 19.7 Å². The van der Waals surface area contributed by atoms with Crippen molar-refractivity contribution in [1.82, 2.24) is 18.7 Å². The molecule has 0 radical (unpaired) electrons. The van der Waals surface area contributed by atoms with Crippen LogP contribution in [0.3, 0.4) is 0 Å². The van der Waals surface area contributed by atoms with E-state index < -0.39 is 17.4 Å². The van der Waals surface area contributed by atoms with Gasteiger partial charge in [-0.2, -0.15) is 0 Å². The number of allylic oxidation sites excluding steroid dienone is 2. The van der Waals surface area contributed by atoms with Gasteiger partial charge in [0, 0.05) is 19.6 Å². The number of aromatic nitrogens is 4. The van der Waals surface area contributed by atoms with Crippen molar-refractivity contribution in [3.63, 3.8) is 0 Å². The molecule has 1 atom stereocenters. The van der Waals surface area contributed by atoms with Gasteiger partial charge in [-0.3, -0.25) is 13.9 Å². The molecule has 2 heterocycles. The van der Waals surface area contributed by atoms with Crippen molar-refractivity contribution in [2.45, 2.75) is 45.0 Å². The Kier molecular flexibility index (Phi) is 6.49. The summed E-state index contributed by atoms with van der Waals surface area (Å²) < 4.78 is 4.27. The van der Waals surface area contributed by atoms with Crippen molar-refractivity contribution >= 4 is 11.2 Å². The minimum absolute atomic E-state index is 0.124. The second-order valence-corrected chi connectivity index (χ2v) is 5.83. The third kappa shape index (κ3) is 3.97. The van der Waals surface area contributed by atoms with E-state index in [9.17, 15) is 14.7 Å². The van der Waals surface area contributed by atoms with Gasteiger partial charge in [-0.25, -0.2) is 9.78 Å². The Morgan fingerprint density at radius 2 is 1.84 bits per heavy atom. The molecule has 2 aromatic heterocycles. The predicted molar refractivity (Wildman–Crippen MR) is 95.6 cm³/mol. The van der Waals surface area contributed by atoms with Crippen LogP contribution in [0.4, 0.5) is 0 Å². The lowest BCUT2D eigenvalue weighted by atomic mass is 10.1. The van der Waals surface area contributed by atoms with Crippen molar-refractivity contribution in [1.29, 1.82) is 0 Å². The lowest BCUT2D eigenvalue weighted by Gasteiger charge is -2.10. The second-order valence-electron chi connectivity index (χ2n) is 5.83. The molecule has 0 saturated heterocycles. The van der Waals surface area contributed by atoms with Gasteiger partial charge in [0.1, 0.15) is 0 Å². The molecule has 0 amide bonds. The molecule has 8 nitrogen and oxygen atoms in total. The van der Waals surface area contributed by atoms with Crippen LogP contribution >= 0.6 is 0 Å². The first-order valence-corrected chi connectivity index (χ1v) is 8.24. The van der Waals surface area contributed by atoms with Crippen LogP contribution in [0.2, 0.25) is 0 Å². The van der Waals surface area contributed by atoms with Gasteiger partial charge >= 0.3 is 5.69 Å². The summed E-state index contributed by atoms with van der Waals surface area (Å²) in [6, 6.07) is 0. The standard InChI is InChI=1S/C17H24N4O4/c1-3-8-20-15-14(16(24)21(9-4-2)17(20)25)19(12-18-15)10-6-5-7-13(23)11-22/h3-4,12-13,22-23H,1-2,5-11H2. The zero-order valence-corrected chi connectivity index (χ0v) is 14.2. The van der Waals surface area contributed by atoms with Gasteiger partial charge in [0.05, 0.1) is 19.0 Å². The van der Waals surface area contributed by atoms with Crippen LogP contribution in [0.15, 0.2) is 41.2 Å². The SMILES string of the molecule is C=CCn1c(=O)c2c(ncn2CCCCC(O)CO)n(CC=C)c1=O. The Morgan fingerprint density at radius 1 is 1.16 bits per heavy atom. The molecule has 136 valence electrons. The van der Waals surface area contributed by atoms with E-state index >= 15 is 0 Å². The molecule has 0 aliphatic heterocycles. The largest absolute Gasteiger partial charge is 0.394 e. The van der Waals surface area contributed by atoms with Crippen LogP contribution in [-0.4, -0.2) is 41.6 Å². The van der Waals surface area contributed by atoms with E-state index in [1.165, 1.54) is 10.6 Å². The zero-order valence-electron chi connectivity index (χ0n) is 14.2. The lowest BCUT2D eigenvalue weighted by Crippen LogP contribution is -2.40. The van der Waals surface area contributed by atoms with Crippen LogP contribution in [0.5, 0.6) is 0 Å². The van der Waals surface area contributed by atoms with E-state index in [1.54, 1.807) is 17.0 Å². The quantitative estimate of drug-likeness (QED) is 0.473. The summed E-state index contributed by atoms with van der Waals surface area (Å²) in [4.78, 5) is 29.4. The molecule has 0 aromatic carbocycles. The van der Waals surface area contributed by atoms with Gasteiger partial charge in [-0.15, -0.1) is 13.2 Å². The summed E-state index contributed by atoms with van der Waals surface area (Å²) in [5, 5.41) is 18.2. The number of fused-ring (bicyclic) bond motifs is 1. The van der Waals surface area contributed by atoms with Gasteiger partial charge in [0.2, 0.25) is 0 Å². The zero-order chi connectivity index (χ0) is 18.4. The maximum absolute atomic E-state index is 12.7. The molecule has 0 aliphatic rings. The third-order valence-corrected chi connectivity index (χ3v) is 4.00. The maximum atomic E-state index is 12.7. The van der Waals surface area contributed by atoms with Crippen LogP contribution in [-0.2, 0) is 19.6 Å². The average Bonchev–Trinajstić information content (AvgIpc) is 3.03. The molecule has 0 aliphatic carbocycles. The van der Waals surface area contributed by atoms with Crippen molar-refractivity contribution in [2.75, 3.05) is 6.61 Å².